The summed E-state index contributed by atoms with van der Waals surface area (Å²) in [6.07, 6.45) is 4.48. The number of thiazole rings is 1. The Kier molecular flexibility index (Phi) is 5.27. The third kappa shape index (κ3) is 4.01. The average Bonchev–Trinajstić information content (AvgIpc) is 2.97. The molecule has 0 saturated carbocycles. The van der Waals surface area contributed by atoms with Crippen molar-refractivity contribution in [1.29, 1.82) is 0 Å². The zero-order valence-electron chi connectivity index (χ0n) is 12.5. The quantitative estimate of drug-likeness (QED) is 0.861. The lowest BCUT2D eigenvalue weighted by molar-refractivity contribution is 0.0940. The molecule has 2 N–H and O–H groups in total. The van der Waals surface area contributed by atoms with Crippen molar-refractivity contribution in [3.05, 3.63) is 40.0 Å². The number of hydrogen-bond acceptors (Lipinski definition) is 5. The van der Waals surface area contributed by atoms with Gasteiger partial charge in [0.1, 0.15) is 10.8 Å². The summed E-state index contributed by atoms with van der Waals surface area (Å²) in [4.78, 5) is 22.0. The lowest BCUT2D eigenvalue weighted by Crippen LogP contribution is -2.26. The van der Waals surface area contributed by atoms with Gasteiger partial charge < -0.3 is 10.6 Å². The average molecular weight is 304 g/mol. The molecule has 2 rings (SSSR count). The fourth-order valence-electron chi connectivity index (χ4n) is 1.88. The molecule has 0 aliphatic carbocycles. The summed E-state index contributed by atoms with van der Waals surface area (Å²) in [5.41, 5.74) is 0.597. The van der Waals surface area contributed by atoms with Crippen LogP contribution in [0.3, 0.4) is 0 Å². The summed E-state index contributed by atoms with van der Waals surface area (Å²) in [6, 6.07) is 3.37. The molecule has 0 aliphatic heterocycles. The third-order valence-corrected chi connectivity index (χ3v) is 4.34. The zero-order chi connectivity index (χ0) is 15.2. The second kappa shape index (κ2) is 7.17. The first-order valence-electron chi connectivity index (χ1n) is 7.09. The van der Waals surface area contributed by atoms with Crippen LogP contribution in [0, 0.1) is 0 Å². The number of nitrogens with one attached hydrogen (secondary N) is 2. The van der Waals surface area contributed by atoms with Gasteiger partial charge in [0.05, 0.1) is 6.04 Å². The molecular weight excluding hydrogens is 284 g/mol. The van der Waals surface area contributed by atoms with Gasteiger partial charge in [-0.1, -0.05) is 6.92 Å². The molecule has 0 fully saturated rings. The molecule has 0 spiro atoms. The first-order chi connectivity index (χ1) is 10.1. The van der Waals surface area contributed by atoms with Crippen LogP contribution in [0.15, 0.2) is 24.5 Å². The van der Waals surface area contributed by atoms with Gasteiger partial charge in [0, 0.05) is 29.4 Å². The van der Waals surface area contributed by atoms with Gasteiger partial charge in [-0.25, -0.2) is 9.97 Å². The highest BCUT2D eigenvalue weighted by atomic mass is 32.1. The predicted octanol–water partition coefficient (Wildman–Crippen LogP) is 3.02. The second-order valence-corrected chi connectivity index (χ2v) is 5.82. The Morgan fingerprint density at radius 3 is 2.86 bits per heavy atom. The summed E-state index contributed by atoms with van der Waals surface area (Å²) in [5, 5.41) is 7.00. The summed E-state index contributed by atoms with van der Waals surface area (Å²) in [5.74, 6) is 0.595. The molecule has 0 radical (unpaired) electrons. The largest absolute Gasteiger partial charge is 0.370 e. The standard InChI is InChI=1S/C15H20N4OS/c1-4-12-9-18-15(21-12)10(3)19-14(20)11-6-7-17-13(8-11)16-5-2/h6-10H,4-5H2,1-3H3,(H,16,17)(H,19,20). The number of nitrogens with zero attached hydrogens (tertiary/aromatic N) is 2. The van der Waals surface area contributed by atoms with Crippen molar-refractivity contribution < 1.29 is 4.79 Å². The molecule has 0 aliphatic rings. The Balaban J connectivity index is 2.04. The van der Waals surface area contributed by atoms with E-state index in [2.05, 4.69) is 27.5 Å². The van der Waals surface area contributed by atoms with Crippen LogP contribution in [-0.2, 0) is 6.42 Å². The Hall–Kier alpha value is -1.95. The van der Waals surface area contributed by atoms with Gasteiger partial charge in [0.25, 0.3) is 5.91 Å². The smallest absolute Gasteiger partial charge is 0.252 e. The highest BCUT2D eigenvalue weighted by Crippen LogP contribution is 2.20. The number of anilines is 1. The van der Waals surface area contributed by atoms with E-state index in [4.69, 9.17) is 0 Å². The predicted molar refractivity (Wildman–Crippen MR) is 85.8 cm³/mol. The fraction of sp³-hybridized carbons (Fsp3) is 0.400. The molecule has 0 aromatic carbocycles. The van der Waals surface area contributed by atoms with E-state index in [1.165, 1.54) is 4.88 Å². The number of rotatable bonds is 6. The SMILES string of the molecule is CCNc1cc(C(=O)NC(C)c2ncc(CC)s2)ccn1. The highest BCUT2D eigenvalue weighted by molar-refractivity contribution is 7.11. The van der Waals surface area contributed by atoms with E-state index < -0.39 is 0 Å². The number of aryl methyl sites for hydroxylation is 1. The van der Waals surface area contributed by atoms with Gasteiger partial charge in [-0.15, -0.1) is 11.3 Å². The molecule has 2 heterocycles. The molecule has 5 nitrogen and oxygen atoms in total. The minimum absolute atomic E-state index is 0.0986. The van der Waals surface area contributed by atoms with E-state index in [0.29, 0.717) is 11.4 Å². The molecule has 0 saturated heterocycles. The summed E-state index contributed by atoms with van der Waals surface area (Å²) in [6.45, 7) is 6.81. The van der Waals surface area contributed by atoms with Crippen LogP contribution in [0.5, 0.6) is 0 Å². The van der Waals surface area contributed by atoms with Crippen LogP contribution in [0.4, 0.5) is 5.82 Å². The van der Waals surface area contributed by atoms with E-state index in [9.17, 15) is 4.79 Å². The molecular formula is C15H20N4OS. The van der Waals surface area contributed by atoms with E-state index in [-0.39, 0.29) is 11.9 Å². The number of carbonyl (C=O) groups is 1. The van der Waals surface area contributed by atoms with Crippen LogP contribution >= 0.6 is 11.3 Å². The number of carbonyl (C=O) groups excluding carboxylic acids is 1. The fourth-order valence-corrected chi connectivity index (χ4v) is 2.74. The van der Waals surface area contributed by atoms with Crippen LogP contribution in [-0.4, -0.2) is 22.4 Å². The number of amides is 1. The van der Waals surface area contributed by atoms with E-state index in [0.717, 1.165) is 18.0 Å². The topological polar surface area (TPSA) is 66.9 Å². The van der Waals surface area contributed by atoms with Crippen molar-refractivity contribution >= 4 is 23.1 Å². The maximum Gasteiger partial charge on any atom is 0.252 e. The monoisotopic (exact) mass is 304 g/mol. The molecule has 0 bridgehead atoms. The van der Waals surface area contributed by atoms with Crippen molar-refractivity contribution in [3.63, 3.8) is 0 Å². The van der Waals surface area contributed by atoms with Crippen molar-refractivity contribution in [2.75, 3.05) is 11.9 Å². The minimum Gasteiger partial charge on any atom is -0.370 e. The van der Waals surface area contributed by atoms with Crippen LogP contribution in [0.2, 0.25) is 0 Å². The van der Waals surface area contributed by atoms with Gasteiger partial charge >= 0.3 is 0 Å². The summed E-state index contributed by atoms with van der Waals surface area (Å²) < 4.78 is 0. The maximum absolute atomic E-state index is 12.3. The second-order valence-electron chi connectivity index (χ2n) is 4.67. The van der Waals surface area contributed by atoms with Crippen LogP contribution in [0.25, 0.3) is 0 Å². The maximum atomic E-state index is 12.3. The summed E-state index contributed by atoms with van der Waals surface area (Å²) >= 11 is 1.64. The van der Waals surface area contributed by atoms with E-state index in [1.807, 2.05) is 20.0 Å². The molecule has 1 unspecified atom stereocenters. The number of pyridine rings is 1. The normalized spacial score (nSPS) is 12.0. The molecule has 112 valence electrons. The first kappa shape index (κ1) is 15.4. The van der Waals surface area contributed by atoms with E-state index in [1.54, 1.807) is 29.7 Å². The van der Waals surface area contributed by atoms with Crippen molar-refractivity contribution in [1.82, 2.24) is 15.3 Å². The number of hydrogen-bond donors (Lipinski definition) is 2. The van der Waals surface area contributed by atoms with Crippen LogP contribution in [0.1, 0.15) is 47.1 Å². The molecule has 1 atom stereocenters. The molecule has 2 aromatic heterocycles. The molecule has 6 heteroatoms. The third-order valence-electron chi connectivity index (χ3n) is 3.02. The van der Waals surface area contributed by atoms with Gasteiger partial charge in [-0.3, -0.25) is 4.79 Å². The van der Waals surface area contributed by atoms with E-state index >= 15 is 0 Å². The Morgan fingerprint density at radius 1 is 1.38 bits per heavy atom. The van der Waals surface area contributed by atoms with Gasteiger partial charge in [0.15, 0.2) is 0 Å². The first-order valence-corrected chi connectivity index (χ1v) is 7.91. The van der Waals surface area contributed by atoms with Gasteiger partial charge in [-0.05, 0) is 32.4 Å². The van der Waals surface area contributed by atoms with Gasteiger partial charge in [0.2, 0.25) is 0 Å². The Morgan fingerprint density at radius 2 is 2.19 bits per heavy atom. The Labute approximate surface area is 128 Å². The van der Waals surface area contributed by atoms with Crippen molar-refractivity contribution in [2.24, 2.45) is 0 Å². The van der Waals surface area contributed by atoms with Crippen LogP contribution < -0.4 is 10.6 Å². The van der Waals surface area contributed by atoms with Crippen molar-refractivity contribution in [2.45, 2.75) is 33.2 Å². The zero-order valence-corrected chi connectivity index (χ0v) is 13.3. The lowest BCUT2D eigenvalue weighted by Gasteiger charge is -2.12. The molecule has 2 aromatic rings. The Bertz CT molecular complexity index is 611. The van der Waals surface area contributed by atoms with Gasteiger partial charge in [-0.2, -0.15) is 0 Å². The minimum atomic E-state index is -0.114. The highest BCUT2D eigenvalue weighted by Gasteiger charge is 2.14. The number of aromatic nitrogens is 2. The van der Waals surface area contributed by atoms with Crippen molar-refractivity contribution in [3.8, 4) is 0 Å². The molecule has 1 amide bonds. The molecule has 21 heavy (non-hydrogen) atoms. The summed E-state index contributed by atoms with van der Waals surface area (Å²) in [7, 11) is 0. The lowest BCUT2D eigenvalue weighted by atomic mass is 10.2.